The van der Waals surface area contributed by atoms with Crippen molar-refractivity contribution in [3.05, 3.63) is 34.9 Å². The van der Waals surface area contributed by atoms with Gasteiger partial charge < -0.3 is 10.1 Å². The molecule has 1 unspecified atom stereocenters. The lowest BCUT2D eigenvalue weighted by Gasteiger charge is -2.18. The van der Waals surface area contributed by atoms with Crippen LogP contribution in [0.15, 0.2) is 24.3 Å². The summed E-state index contributed by atoms with van der Waals surface area (Å²) in [4.78, 5) is 0. The first kappa shape index (κ1) is 13.5. The van der Waals surface area contributed by atoms with Crippen molar-refractivity contribution in [2.24, 2.45) is 0 Å². The number of ether oxygens (including phenoxy) is 1. The fourth-order valence-electron chi connectivity index (χ4n) is 1.51. The molecule has 0 spiro atoms. The van der Waals surface area contributed by atoms with E-state index in [1.54, 1.807) is 0 Å². The Morgan fingerprint density at radius 1 is 1.31 bits per heavy atom. The highest BCUT2D eigenvalue weighted by Crippen LogP contribution is 2.19. The van der Waals surface area contributed by atoms with E-state index in [9.17, 15) is 0 Å². The number of unbranched alkanes of at least 4 members (excludes halogenated alkanes) is 1. The van der Waals surface area contributed by atoms with E-state index in [0.717, 1.165) is 31.0 Å². The monoisotopic (exact) mass is 241 g/mol. The van der Waals surface area contributed by atoms with Crippen molar-refractivity contribution >= 4 is 11.6 Å². The molecule has 90 valence electrons. The third kappa shape index (κ3) is 4.52. The highest BCUT2D eigenvalue weighted by Gasteiger charge is 2.10. The lowest BCUT2D eigenvalue weighted by atomic mass is 10.1. The molecule has 0 aromatic heterocycles. The van der Waals surface area contributed by atoms with Crippen LogP contribution in [0.25, 0.3) is 0 Å². The van der Waals surface area contributed by atoms with Gasteiger partial charge in [-0.3, -0.25) is 0 Å². The van der Waals surface area contributed by atoms with Crippen molar-refractivity contribution in [2.75, 3.05) is 20.2 Å². The maximum absolute atomic E-state index is 5.86. The van der Waals surface area contributed by atoms with Gasteiger partial charge in [-0.2, -0.15) is 0 Å². The Hall–Kier alpha value is -0.570. The van der Waals surface area contributed by atoms with Crippen molar-refractivity contribution in [3.8, 4) is 0 Å². The SMILES string of the molecule is CCCCOC(CNC)c1ccc(Cl)cc1. The number of rotatable bonds is 7. The van der Waals surface area contributed by atoms with E-state index in [0.29, 0.717) is 0 Å². The van der Waals surface area contributed by atoms with Gasteiger partial charge in [0, 0.05) is 18.2 Å². The Kier molecular flexibility index (Phi) is 6.46. The maximum atomic E-state index is 5.86. The maximum Gasteiger partial charge on any atom is 0.0949 e. The smallest absolute Gasteiger partial charge is 0.0949 e. The molecule has 0 bridgehead atoms. The van der Waals surface area contributed by atoms with Crippen molar-refractivity contribution in [3.63, 3.8) is 0 Å². The van der Waals surface area contributed by atoms with Crippen molar-refractivity contribution in [1.29, 1.82) is 0 Å². The molecule has 0 aliphatic heterocycles. The molecule has 1 aromatic rings. The van der Waals surface area contributed by atoms with Crippen molar-refractivity contribution in [2.45, 2.75) is 25.9 Å². The largest absolute Gasteiger partial charge is 0.372 e. The number of likely N-dealkylation sites (N-methyl/N-ethyl adjacent to an activating group) is 1. The Morgan fingerprint density at radius 2 is 2.00 bits per heavy atom. The second-order valence-electron chi connectivity index (χ2n) is 3.82. The molecular formula is C13H20ClNO. The summed E-state index contributed by atoms with van der Waals surface area (Å²) in [5.74, 6) is 0. The summed E-state index contributed by atoms with van der Waals surface area (Å²) in [6.07, 6.45) is 2.38. The van der Waals surface area contributed by atoms with Gasteiger partial charge in [-0.15, -0.1) is 0 Å². The van der Waals surface area contributed by atoms with Crippen LogP contribution in [-0.4, -0.2) is 20.2 Å². The second kappa shape index (κ2) is 7.66. The Bertz CT molecular complexity index is 286. The molecule has 1 rings (SSSR count). The fourth-order valence-corrected chi connectivity index (χ4v) is 1.63. The van der Waals surface area contributed by atoms with Crippen LogP contribution in [0.2, 0.25) is 5.02 Å². The molecule has 1 atom stereocenters. The van der Waals surface area contributed by atoms with Gasteiger partial charge in [0.15, 0.2) is 0 Å². The van der Waals surface area contributed by atoms with Gasteiger partial charge in [0.05, 0.1) is 6.10 Å². The zero-order valence-corrected chi connectivity index (χ0v) is 10.8. The molecule has 0 saturated heterocycles. The third-order valence-electron chi connectivity index (χ3n) is 2.45. The van der Waals surface area contributed by atoms with E-state index < -0.39 is 0 Å². The van der Waals surface area contributed by atoms with Gasteiger partial charge in [-0.25, -0.2) is 0 Å². The van der Waals surface area contributed by atoms with E-state index in [1.165, 1.54) is 5.56 Å². The molecule has 2 nitrogen and oxygen atoms in total. The lowest BCUT2D eigenvalue weighted by molar-refractivity contribution is 0.0519. The molecular weight excluding hydrogens is 222 g/mol. The van der Waals surface area contributed by atoms with E-state index >= 15 is 0 Å². The molecule has 0 aliphatic rings. The minimum atomic E-state index is 0.119. The van der Waals surface area contributed by atoms with E-state index in [4.69, 9.17) is 16.3 Å². The zero-order valence-electron chi connectivity index (χ0n) is 10.0. The third-order valence-corrected chi connectivity index (χ3v) is 2.70. The lowest BCUT2D eigenvalue weighted by Crippen LogP contribution is -2.20. The first-order valence-electron chi connectivity index (χ1n) is 5.79. The van der Waals surface area contributed by atoms with E-state index in [-0.39, 0.29) is 6.10 Å². The molecule has 0 aliphatic carbocycles. The van der Waals surface area contributed by atoms with Crippen LogP contribution < -0.4 is 5.32 Å². The van der Waals surface area contributed by atoms with Crippen LogP contribution in [-0.2, 0) is 4.74 Å². The molecule has 0 amide bonds. The number of hydrogen-bond acceptors (Lipinski definition) is 2. The number of hydrogen-bond donors (Lipinski definition) is 1. The summed E-state index contributed by atoms with van der Waals surface area (Å²) in [5, 5.41) is 3.91. The van der Waals surface area contributed by atoms with Crippen LogP contribution in [0, 0.1) is 0 Å². The number of benzene rings is 1. The Morgan fingerprint density at radius 3 is 2.56 bits per heavy atom. The van der Waals surface area contributed by atoms with Gasteiger partial charge in [0.2, 0.25) is 0 Å². The Labute approximate surface area is 103 Å². The minimum absolute atomic E-state index is 0.119. The first-order chi connectivity index (χ1) is 7.77. The summed E-state index contributed by atoms with van der Waals surface area (Å²) in [5.41, 5.74) is 1.18. The van der Waals surface area contributed by atoms with E-state index in [2.05, 4.69) is 12.2 Å². The van der Waals surface area contributed by atoms with Crippen molar-refractivity contribution < 1.29 is 4.74 Å². The molecule has 1 aromatic carbocycles. The zero-order chi connectivity index (χ0) is 11.8. The predicted octanol–water partition coefficient (Wildman–Crippen LogP) is 3.42. The highest BCUT2D eigenvalue weighted by molar-refractivity contribution is 6.30. The van der Waals surface area contributed by atoms with Crippen LogP contribution in [0.5, 0.6) is 0 Å². The standard InChI is InChI=1S/C13H20ClNO/c1-3-4-9-16-13(10-15-2)11-5-7-12(14)8-6-11/h5-8,13,15H,3-4,9-10H2,1-2H3. The fraction of sp³-hybridized carbons (Fsp3) is 0.538. The number of halogens is 1. The van der Waals surface area contributed by atoms with Crippen molar-refractivity contribution in [1.82, 2.24) is 5.32 Å². The average Bonchev–Trinajstić information content (AvgIpc) is 2.29. The minimum Gasteiger partial charge on any atom is -0.372 e. The molecule has 3 heteroatoms. The summed E-state index contributed by atoms with van der Waals surface area (Å²) in [6.45, 7) is 3.80. The van der Waals surface area contributed by atoms with Gasteiger partial charge in [-0.05, 0) is 31.2 Å². The summed E-state index contributed by atoms with van der Waals surface area (Å²) in [6, 6.07) is 7.86. The molecule has 1 N–H and O–H groups in total. The van der Waals surface area contributed by atoms with Gasteiger partial charge in [-0.1, -0.05) is 37.1 Å². The quantitative estimate of drug-likeness (QED) is 0.739. The first-order valence-corrected chi connectivity index (χ1v) is 6.17. The normalized spacial score (nSPS) is 12.7. The van der Waals surface area contributed by atoms with Crippen LogP contribution in [0.1, 0.15) is 31.4 Å². The average molecular weight is 242 g/mol. The van der Waals surface area contributed by atoms with Crippen LogP contribution >= 0.6 is 11.6 Å². The predicted molar refractivity (Wildman–Crippen MR) is 69.0 cm³/mol. The molecule has 0 radical (unpaired) electrons. The molecule has 0 fully saturated rings. The van der Waals surface area contributed by atoms with Gasteiger partial charge in [0.25, 0.3) is 0 Å². The second-order valence-corrected chi connectivity index (χ2v) is 4.26. The summed E-state index contributed by atoms with van der Waals surface area (Å²) < 4.78 is 5.84. The summed E-state index contributed by atoms with van der Waals surface area (Å²) >= 11 is 5.86. The van der Waals surface area contributed by atoms with Crippen LogP contribution in [0.3, 0.4) is 0 Å². The Balaban J connectivity index is 2.57. The van der Waals surface area contributed by atoms with Gasteiger partial charge >= 0.3 is 0 Å². The molecule has 0 heterocycles. The van der Waals surface area contributed by atoms with Crippen LogP contribution in [0.4, 0.5) is 0 Å². The molecule has 16 heavy (non-hydrogen) atoms. The van der Waals surface area contributed by atoms with Gasteiger partial charge in [0.1, 0.15) is 0 Å². The topological polar surface area (TPSA) is 21.3 Å². The van der Waals surface area contributed by atoms with E-state index in [1.807, 2.05) is 31.3 Å². The number of nitrogens with one attached hydrogen (secondary N) is 1. The molecule has 0 saturated carbocycles. The highest BCUT2D eigenvalue weighted by atomic mass is 35.5. The summed E-state index contributed by atoms with van der Waals surface area (Å²) in [7, 11) is 1.94.